The summed E-state index contributed by atoms with van der Waals surface area (Å²) in [6.07, 6.45) is 8.24. The molecule has 0 radical (unpaired) electrons. The van der Waals surface area contributed by atoms with Crippen molar-refractivity contribution in [3.63, 3.8) is 0 Å². The lowest BCUT2D eigenvalue weighted by atomic mass is 10.2. The zero-order valence-corrected chi connectivity index (χ0v) is 8.95. The largest absolute Gasteiger partial charge is 0.497 e. The van der Waals surface area contributed by atoms with Gasteiger partial charge in [0.25, 0.3) is 0 Å². The maximum atomic E-state index is 5.11. The Labute approximate surface area is 86.2 Å². The maximum absolute atomic E-state index is 5.11. The van der Waals surface area contributed by atoms with Gasteiger partial charge in [0.2, 0.25) is 0 Å². The number of ether oxygens (including phenoxy) is 2. The van der Waals surface area contributed by atoms with Crippen LogP contribution in [-0.4, -0.2) is 20.8 Å². The molecule has 2 nitrogen and oxygen atoms in total. The summed E-state index contributed by atoms with van der Waals surface area (Å²) in [7, 11) is 3.27. The summed E-state index contributed by atoms with van der Waals surface area (Å²) in [4.78, 5) is 0. The molecule has 78 valence electrons. The molecule has 0 fully saturated rings. The second-order valence-electron chi connectivity index (χ2n) is 2.75. The second-order valence-corrected chi connectivity index (χ2v) is 2.75. The lowest BCUT2D eigenvalue weighted by Crippen LogP contribution is -1.88. The quantitative estimate of drug-likeness (QED) is 0.352. The van der Waals surface area contributed by atoms with E-state index < -0.39 is 0 Å². The van der Waals surface area contributed by atoms with E-state index in [9.17, 15) is 0 Å². The SMILES string of the molecule is C=CCC(=C)/C=C\C(=C/COC)OC. The van der Waals surface area contributed by atoms with Crippen molar-refractivity contribution in [1.82, 2.24) is 0 Å². The van der Waals surface area contributed by atoms with Crippen molar-refractivity contribution in [2.75, 3.05) is 20.8 Å². The molecule has 0 aliphatic carbocycles. The van der Waals surface area contributed by atoms with Crippen LogP contribution in [0.2, 0.25) is 0 Å². The Morgan fingerprint density at radius 2 is 2.00 bits per heavy atom. The predicted octanol–water partition coefficient (Wildman–Crippen LogP) is 2.85. The minimum Gasteiger partial charge on any atom is -0.497 e. The van der Waals surface area contributed by atoms with E-state index in [2.05, 4.69) is 13.2 Å². The average Bonchev–Trinajstić information content (AvgIpc) is 2.19. The minimum atomic E-state index is 0.543. The van der Waals surface area contributed by atoms with Gasteiger partial charge in [0.05, 0.1) is 13.7 Å². The first-order chi connectivity index (χ1) is 6.74. The summed E-state index contributed by atoms with van der Waals surface area (Å²) in [5.74, 6) is 0.775. The number of rotatable bonds is 7. The average molecular weight is 194 g/mol. The molecule has 0 heterocycles. The standard InChI is InChI=1S/C12H18O2/c1-5-6-11(2)7-8-12(14-4)9-10-13-3/h5,7-9H,1-2,6,10H2,3-4H3/b8-7-,12-9+. The number of methoxy groups -OCH3 is 2. The molecule has 0 N–H and O–H groups in total. The van der Waals surface area contributed by atoms with Crippen LogP contribution < -0.4 is 0 Å². The molecule has 0 saturated carbocycles. The molecular weight excluding hydrogens is 176 g/mol. The molecule has 0 aliphatic rings. The molecule has 0 aromatic carbocycles. The van der Waals surface area contributed by atoms with Gasteiger partial charge in [0.15, 0.2) is 0 Å². The van der Waals surface area contributed by atoms with Crippen LogP contribution in [0.1, 0.15) is 6.42 Å². The van der Waals surface area contributed by atoms with Gasteiger partial charge in [-0.15, -0.1) is 6.58 Å². The van der Waals surface area contributed by atoms with Crippen molar-refractivity contribution in [2.24, 2.45) is 0 Å². The van der Waals surface area contributed by atoms with Gasteiger partial charge in [0.1, 0.15) is 5.76 Å². The van der Waals surface area contributed by atoms with Crippen molar-refractivity contribution in [1.29, 1.82) is 0 Å². The molecule has 0 rings (SSSR count). The van der Waals surface area contributed by atoms with Gasteiger partial charge in [-0.2, -0.15) is 0 Å². The van der Waals surface area contributed by atoms with Crippen molar-refractivity contribution in [3.8, 4) is 0 Å². The highest BCUT2D eigenvalue weighted by Crippen LogP contribution is 2.04. The lowest BCUT2D eigenvalue weighted by Gasteiger charge is -2.00. The summed E-state index contributed by atoms with van der Waals surface area (Å²) < 4.78 is 10.0. The number of hydrogen-bond acceptors (Lipinski definition) is 2. The van der Waals surface area contributed by atoms with Crippen LogP contribution in [0.4, 0.5) is 0 Å². The molecule has 0 atom stereocenters. The van der Waals surface area contributed by atoms with Crippen LogP contribution in [-0.2, 0) is 9.47 Å². The molecule has 0 unspecified atom stereocenters. The first-order valence-corrected chi connectivity index (χ1v) is 4.44. The van der Waals surface area contributed by atoms with Crippen molar-refractivity contribution < 1.29 is 9.47 Å². The Morgan fingerprint density at radius 1 is 1.29 bits per heavy atom. The van der Waals surface area contributed by atoms with Crippen LogP contribution in [0.15, 0.2) is 48.8 Å². The summed E-state index contributed by atoms with van der Waals surface area (Å²) in [6, 6.07) is 0. The molecule has 0 aliphatic heterocycles. The normalized spacial score (nSPS) is 11.7. The first-order valence-electron chi connectivity index (χ1n) is 4.44. The monoisotopic (exact) mass is 194 g/mol. The molecule has 0 saturated heterocycles. The highest BCUT2D eigenvalue weighted by Gasteiger charge is 1.89. The van der Waals surface area contributed by atoms with Crippen molar-refractivity contribution >= 4 is 0 Å². The molecule has 0 aromatic rings. The summed E-state index contributed by atoms with van der Waals surface area (Å²) in [5, 5.41) is 0. The molecule has 14 heavy (non-hydrogen) atoms. The van der Waals surface area contributed by atoms with E-state index in [1.807, 2.05) is 24.3 Å². The van der Waals surface area contributed by atoms with Crippen LogP contribution in [0, 0.1) is 0 Å². The summed E-state index contributed by atoms with van der Waals surface area (Å²) >= 11 is 0. The van der Waals surface area contributed by atoms with Gasteiger partial charge in [-0.05, 0) is 18.6 Å². The van der Waals surface area contributed by atoms with Crippen LogP contribution in [0.3, 0.4) is 0 Å². The van der Waals surface area contributed by atoms with Crippen LogP contribution >= 0.6 is 0 Å². The van der Waals surface area contributed by atoms with E-state index in [4.69, 9.17) is 9.47 Å². The van der Waals surface area contributed by atoms with Crippen LogP contribution in [0.25, 0.3) is 0 Å². The highest BCUT2D eigenvalue weighted by molar-refractivity contribution is 5.24. The third-order valence-electron chi connectivity index (χ3n) is 1.58. The Kier molecular flexibility index (Phi) is 7.56. The Bertz CT molecular complexity index is 237. The second kappa shape index (κ2) is 8.32. The molecule has 2 heteroatoms. The summed E-state index contributed by atoms with van der Waals surface area (Å²) in [6.45, 7) is 8.04. The van der Waals surface area contributed by atoms with E-state index in [1.54, 1.807) is 14.2 Å². The van der Waals surface area contributed by atoms with E-state index in [0.29, 0.717) is 6.61 Å². The van der Waals surface area contributed by atoms with Gasteiger partial charge in [-0.1, -0.05) is 24.3 Å². The van der Waals surface area contributed by atoms with Gasteiger partial charge >= 0.3 is 0 Å². The highest BCUT2D eigenvalue weighted by atomic mass is 16.5. The van der Waals surface area contributed by atoms with Gasteiger partial charge < -0.3 is 9.47 Å². The fourth-order valence-corrected chi connectivity index (χ4v) is 0.838. The Hall–Kier alpha value is -1.28. The van der Waals surface area contributed by atoms with Gasteiger partial charge in [-0.3, -0.25) is 0 Å². The lowest BCUT2D eigenvalue weighted by molar-refractivity contribution is 0.226. The zero-order chi connectivity index (χ0) is 10.8. The predicted molar refractivity (Wildman–Crippen MR) is 60.1 cm³/mol. The Morgan fingerprint density at radius 3 is 2.50 bits per heavy atom. The maximum Gasteiger partial charge on any atom is 0.117 e. The number of hydrogen-bond donors (Lipinski definition) is 0. The minimum absolute atomic E-state index is 0.543. The third-order valence-corrected chi connectivity index (χ3v) is 1.58. The number of allylic oxidation sites excluding steroid dienone is 4. The van der Waals surface area contributed by atoms with Gasteiger partial charge in [-0.25, -0.2) is 0 Å². The molecular formula is C12H18O2. The fraction of sp³-hybridized carbons (Fsp3) is 0.333. The first kappa shape index (κ1) is 12.7. The molecule has 0 bridgehead atoms. The van der Waals surface area contributed by atoms with E-state index in [1.165, 1.54) is 0 Å². The summed E-state index contributed by atoms with van der Waals surface area (Å²) in [5.41, 5.74) is 1.00. The molecule has 0 spiro atoms. The molecule has 0 aromatic heterocycles. The zero-order valence-electron chi connectivity index (χ0n) is 8.95. The van der Waals surface area contributed by atoms with Crippen molar-refractivity contribution in [3.05, 3.63) is 48.8 Å². The Balaban J connectivity index is 4.15. The van der Waals surface area contributed by atoms with Crippen LogP contribution in [0.5, 0.6) is 0 Å². The topological polar surface area (TPSA) is 18.5 Å². The van der Waals surface area contributed by atoms with Gasteiger partial charge in [0, 0.05) is 7.11 Å². The van der Waals surface area contributed by atoms with E-state index >= 15 is 0 Å². The van der Waals surface area contributed by atoms with E-state index in [0.717, 1.165) is 17.8 Å². The fourth-order valence-electron chi connectivity index (χ4n) is 0.838. The third kappa shape index (κ3) is 6.26. The smallest absolute Gasteiger partial charge is 0.117 e. The van der Waals surface area contributed by atoms with E-state index in [-0.39, 0.29) is 0 Å². The van der Waals surface area contributed by atoms with Crippen molar-refractivity contribution in [2.45, 2.75) is 6.42 Å². The molecule has 0 amide bonds.